The van der Waals surface area contributed by atoms with Crippen LogP contribution in [0, 0.1) is 5.82 Å². The highest BCUT2D eigenvalue weighted by atomic mass is 19.1. The Morgan fingerprint density at radius 3 is 2.09 bits per heavy atom. The van der Waals surface area contributed by atoms with E-state index in [2.05, 4.69) is 0 Å². The Morgan fingerprint density at radius 1 is 1.14 bits per heavy atom. The fourth-order valence-corrected chi connectivity index (χ4v) is 2.95. The summed E-state index contributed by atoms with van der Waals surface area (Å²) in [5, 5.41) is 0. The van der Waals surface area contributed by atoms with Crippen LogP contribution >= 0.6 is 0 Å². The van der Waals surface area contributed by atoms with Crippen molar-refractivity contribution in [1.82, 2.24) is 4.90 Å². The Morgan fingerprint density at radius 2 is 1.68 bits per heavy atom. The van der Waals surface area contributed by atoms with Crippen molar-refractivity contribution in [2.75, 3.05) is 40.5 Å². The monoisotopic (exact) mass is 309 g/mol. The second-order valence-corrected chi connectivity index (χ2v) is 5.72. The molecule has 5 heteroatoms. The molecule has 0 spiro atoms. The van der Waals surface area contributed by atoms with Crippen LogP contribution < -0.4 is 0 Å². The lowest BCUT2D eigenvalue weighted by Gasteiger charge is -2.44. The lowest BCUT2D eigenvalue weighted by atomic mass is 9.63. The second kappa shape index (κ2) is 7.70. The van der Waals surface area contributed by atoms with Gasteiger partial charge >= 0.3 is 0 Å². The predicted octanol–water partition coefficient (Wildman–Crippen LogP) is 2.37. The van der Waals surface area contributed by atoms with Gasteiger partial charge in [-0.25, -0.2) is 4.39 Å². The molecule has 0 saturated heterocycles. The Kier molecular flexibility index (Phi) is 5.91. The highest BCUT2D eigenvalue weighted by Gasteiger charge is 2.47. The van der Waals surface area contributed by atoms with E-state index >= 15 is 0 Å². The summed E-state index contributed by atoms with van der Waals surface area (Å²) in [4.78, 5) is 14.9. The largest absolute Gasteiger partial charge is 0.383 e. The van der Waals surface area contributed by atoms with E-state index in [4.69, 9.17) is 9.47 Å². The fourth-order valence-electron chi connectivity index (χ4n) is 2.95. The second-order valence-electron chi connectivity index (χ2n) is 5.72. The van der Waals surface area contributed by atoms with Crippen LogP contribution in [0.5, 0.6) is 0 Å². The molecule has 22 heavy (non-hydrogen) atoms. The van der Waals surface area contributed by atoms with Gasteiger partial charge in [0.25, 0.3) is 0 Å². The SMILES string of the molecule is COCCN(CCOC)C(=O)C1(c2ccc(F)cc2)CCC1. The number of carbonyl (C=O) groups excluding carboxylic acids is 1. The molecule has 1 amide bonds. The molecule has 0 heterocycles. The van der Waals surface area contributed by atoms with Crippen molar-refractivity contribution in [3.63, 3.8) is 0 Å². The molecular formula is C17H24FNO3. The van der Waals surface area contributed by atoms with Crippen molar-refractivity contribution in [3.05, 3.63) is 35.6 Å². The molecule has 0 N–H and O–H groups in total. The Bertz CT molecular complexity index is 477. The molecule has 2 rings (SSSR count). The molecule has 1 aliphatic rings. The van der Waals surface area contributed by atoms with Crippen LogP contribution in [0.1, 0.15) is 24.8 Å². The number of halogens is 1. The highest BCUT2D eigenvalue weighted by Crippen LogP contribution is 2.45. The smallest absolute Gasteiger partial charge is 0.233 e. The minimum absolute atomic E-state index is 0.0967. The Labute approximate surface area is 131 Å². The molecule has 122 valence electrons. The van der Waals surface area contributed by atoms with Gasteiger partial charge in [-0.2, -0.15) is 0 Å². The fraction of sp³-hybridized carbons (Fsp3) is 0.588. The van der Waals surface area contributed by atoms with Crippen LogP contribution in [0.15, 0.2) is 24.3 Å². The lowest BCUT2D eigenvalue weighted by Crippen LogP contribution is -2.52. The predicted molar refractivity (Wildman–Crippen MR) is 82.3 cm³/mol. The average molecular weight is 309 g/mol. The Hall–Kier alpha value is -1.46. The molecule has 1 aromatic rings. The van der Waals surface area contributed by atoms with E-state index in [9.17, 15) is 9.18 Å². The van der Waals surface area contributed by atoms with Gasteiger partial charge in [0.2, 0.25) is 5.91 Å². The van der Waals surface area contributed by atoms with Crippen LogP contribution in [0.2, 0.25) is 0 Å². The summed E-state index contributed by atoms with van der Waals surface area (Å²) in [6.45, 7) is 2.08. The third-order valence-corrected chi connectivity index (χ3v) is 4.43. The summed E-state index contributed by atoms with van der Waals surface area (Å²) >= 11 is 0. The number of benzene rings is 1. The molecule has 0 bridgehead atoms. The molecule has 0 unspecified atom stereocenters. The maximum absolute atomic E-state index is 13.2. The maximum atomic E-state index is 13.2. The zero-order valence-electron chi connectivity index (χ0n) is 13.3. The number of ether oxygens (including phenoxy) is 2. The number of methoxy groups -OCH3 is 2. The molecule has 1 saturated carbocycles. The first kappa shape index (κ1) is 16.9. The van der Waals surface area contributed by atoms with E-state index < -0.39 is 5.41 Å². The van der Waals surface area contributed by atoms with Crippen LogP contribution in [0.3, 0.4) is 0 Å². The molecule has 1 fully saturated rings. The maximum Gasteiger partial charge on any atom is 0.233 e. The minimum Gasteiger partial charge on any atom is -0.383 e. The molecule has 0 radical (unpaired) electrons. The van der Waals surface area contributed by atoms with Gasteiger partial charge in [0.1, 0.15) is 5.82 Å². The number of hydrogen-bond donors (Lipinski definition) is 0. The first-order valence-electron chi connectivity index (χ1n) is 7.67. The molecule has 4 nitrogen and oxygen atoms in total. The van der Waals surface area contributed by atoms with Gasteiger partial charge in [-0.1, -0.05) is 18.6 Å². The van der Waals surface area contributed by atoms with Gasteiger partial charge in [-0.3, -0.25) is 4.79 Å². The number of nitrogens with zero attached hydrogens (tertiary/aromatic N) is 1. The van der Waals surface area contributed by atoms with Crippen molar-refractivity contribution < 1.29 is 18.7 Å². The normalized spacial score (nSPS) is 16.1. The summed E-state index contributed by atoms with van der Waals surface area (Å²) in [6.07, 6.45) is 2.65. The lowest BCUT2D eigenvalue weighted by molar-refractivity contribution is -0.142. The van der Waals surface area contributed by atoms with Gasteiger partial charge in [0, 0.05) is 27.3 Å². The Balaban J connectivity index is 2.19. The number of amides is 1. The summed E-state index contributed by atoms with van der Waals surface area (Å²) < 4.78 is 23.4. The van der Waals surface area contributed by atoms with Gasteiger partial charge in [0.15, 0.2) is 0 Å². The van der Waals surface area contributed by atoms with Crippen molar-refractivity contribution in [3.8, 4) is 0 Å². The standard InChI is InChI=1S/C17H24FNO3/c1-21-12-10-19(11-13-22-2)16(20)17(8-3-9-17)14-4-6-15(18)7-5-14/h4-7H,3,8-13H2,1-2H3. The zero-order chi connectivity index (χ0) is 16.0. The molecule has 1 aliphatic carbocycles. The highest BCUT2D eigenvalue weighted by molar-refractivity contribution is 5.89. The summed E-state index contributed by atoms with van der Waals surface area (Å²) in [7, 11) is 3.25. The molecule has 0 aliphatic heterocycles. The van der Waals surface area contributed by atoms with E-state index in [-0.39, 0.29) is 11.7 Å². The van der Waals surface area contributed by atoms with E-state index in [1.807, 2.05) is 0 Å². The zero-order valence-corrected chi connectivity index (χ0v) is 13.3. The number of hydrogen-bond acceptors (Lipinski definition) is 3. The van der Waals surface area contributed by atoms with E-state index in [1.165, 1.54) is 12.1 Å². The van der Waals surface area contributed by atoms with E-state index in [1.54, 1.807) is 31.3 Å². The first-order chi connectivity index (χ1) is 10.6. The van der Waals surface area contributed by atoms with E-state index in [0.29, 0.717) is 26.3 Å². The third-order valence-electron chi connectivity index (χ3n) is 4.43. The molecular weight excluding hydrogens is 285 g/mol. The molecule has 0 aromatic heterocycles. The first-order valence-corrected chi connectivity index (χ1v) is 7.67. The summed E-state index contributed by atoms with van der Waals surface area (Å²) in [5.41, 5.74) is 0.403. The average Bonchev–Trinajstić information content (AvgIpc) is 2.48. The van der Waals surface area contributed by atoms with Crippen LogP contribution in [-0.2, 0) is 19.7 Å². The number of carbonyl (C=O) groups is 1. The quantitative estimate of drug-likeness (QED) is 0.740. The number of rotatable bonds is 8. The van der Waals surface area contributed by atoms with Crippen LogP contribution in [0.4, 0.5) is 4.39 Å². The van der Waals surface area contributed by atoms with Gasteiger partial charge in [0.05, 0.1) is 18.6 Å². The minimum atomic E-state index is -0.505. The summed E-state index contributed by atoms with van der Waals surface area (Å²) in [6, 6.07) is 6.32. The van der Waals surface area contributed by atoms with Crippen molar-refractivity contribution in [1.29, 1.82) is 0 Å². The molecule has 0 atom stereocenters. The third kappa shape index (κ3) is 3.47. The van der Waals surface area contributed by atoms with Crippen molar-refractivity contribution >= 4 is 5.91 Å². The van der Waals surface area contributed by atoms with Gasteiger partial charge in [-0.15, -0.1) is 0 Å². The molecule has 1 aromatic carbocycles. The van der Waals surface area contributed by atoms with Gasteiger partial charge < -0.3 is 14.4 Å². The van der Waals surface area contributed by atoms with Crippen molar-refractivity contribution in [2.24, 2.45) is 0 Å². The van der Waals surface area contributed by atoms with E-state index in [0.717, 1.165) is 24.8 Å². The van der Waals surface area contributed by atoms with Crippen molar-refractivity contribution in [2.45, 2.75) is 24.7 Å². The van der Waals surface area contributed by atoms with Gasteiger partial charge in [-0.05, 0) is 30.5 Å². The van der Waals surface area contributed by atoms with Crippen LogP contribution in [-0.4, -0.2) is 51.3 Å². The van der Waals surface area contributed by atoms with Crippen LogP contribution in [0.25, 0.3) is 0 Å². The topological polar surface area (TPSA) is 38.8 Å². The summed E-state index contributed by atoms with van der Waals surface area (Å²) in [5.74, 6) is -0.180.